The second-order valence-electron chi connectivity index (χ2n) is 17.5. The fourth-order valence-electron chi connectivity index (χ4n) is 8.93. The van der Waals surface area contributed by atoms with Crippen molar-refractivity contribution in [2.75, 3.05) is 77.6 Å². The predicted octanol–water partition coefficient (Wildman–Crippen LogP) is 5.42. The Morgan fingerprint density at radius 2 is 1.31 bits per heavy atom. The first-order valence-electron chi connectivity index (χ1n) is 23.1. The number of benzene rings is 2. The molecule has 0 radical (unpaired) electrons. The molecule has 2 aromatic rings. The molecule has 3 aliphatic rings. The second kappa shape index (κ2) is 25.1. The number of allylic oxidation sites excluding steroid dienone is 8. The van der Waals surface area contributed by atoms with E-state index in [9.17, 15) is 53.3 Å². The standard InChI is InChI=1S/C48H63N3O17S3/c1-47(23-13-33-69(55,56)57)38-34-36(70(58,59)60)18-20-41(38)50(26-28-66-31-32-67-30-29-65-4)42(47)14-9-6-5-7-10-15-43-48(2,24-27-64-3)39-35-37(71(61,62)63)17-19-40(39)49(43)25-12-8-11-16-46(54)68-51-44(52)21-22-45(51)53/h5-7,9-10,14-15,17-20,34-35H,8,11-13,16,21-33H2,1-4H3,(H2-,55,56,57,58,59,60,61,62,63)/p+1. The van der Waals surface area contributed by atoms with Crippen LogP contribution in [0, 0.1) is 0 Å². The molecule has 390 valence electrons. The number of amides is 2. The molecule has 2 atom stereocenters. The Labute approximate surface area is 415 Å². The lowest BCUT2D eigenvalue weighted by atomic mass is 9.76. The summed E-state index contributed by atoms with van der Waals surface area (Å²) in [5.41, 5.74) is 2.25. The highest BCUT2D eigenvalue weighted by Gasteiger charge is 2.48. The number of hydrogen-bond acceptors (Lipinski definition) is 15. The van der Waals surface area contributed by atoms with Crippen LogP contribution < -0.4 is 4.90 Å². The summed E-state index contributed by atoms with van der Waals surface area (Å²) in [5.74, 6) is -2.34. The number of fused-ring (bicyclic) bond motifs is 2. The molecular weight excluding hydrogens is 987 g/mol. The van der Waals surface area contributed by atoms with Gasteiger partial charge in [0, 0.05) is 81.1 Å². The van der Waals surface area contributed by atoms with E-state index < -0.39 is 64.7 Å². The number of unbranched alkanes of at least 4 members (excludes halogenated alkanes) is 2. The van der Waals surface area contributed by atoms with E-state index in [0.29, 0.717) is 99.4 Å². The van der Waals surface area contributed by atoms with Crippen molar-refractivity contribution in [2.45, 2.75) is 92.3 Å². The molecule has 3 aliphatic heterocycles. The van der Waals surface area contributed by atoms with Crippen molar-refractivity contribution >= 4 is 65.2 Å². The SMILES string of the molecule is COCCOCCOCC[N+]1=C(/C=C/C=C/C=C/C=C2/N(CCCCCC(=O)ON3C(=O)CCC3=O)c3ccc(S(=O)(=O)O)cc3C2(C)CCOC)C(C)(CCCS(=O)(=O)O)c2cc(S(=O)(=O)O)ccc21. The number of ether oxygens (including phenoxy) is 4. The van der Waals surface area contributed by atoms with Crippen LogP contribution in [0.5, 0.6) is 0 Å². The lowest BCUT2D eigenvalue weighted by Gasteiger charge is -2.30. The molecule has 1 saturated heterocycles. The van der Waals surface area contributed by atoms with Gasteiger partial charge in [0.05, 0.1) is 47.4 Å². The number of nitrogens with zero attached hydrogens (tertiary/aromatic N) is 3. The first kappa shape index (κ1) is 57.0. The van der Waals surface area contributed by atoms with Gasteiger partial charge in [-0.2, -0.15) is 29.8 Å². The van der Waals surface area contributed by atoms with Gasteiger partial charge >= 0.3 is 5.97 Å². The topological polar surface area (TPSA) is 270 Å². The van der Waals surface area contributed by atoms with Crippen LogP contribution in [0.4, 0.5) is 11.4 Å². The first-order valence-corrected chi connectivity index (χ1v) is 27.6. The Bertz CT molecular complexity index is 2750. The first-order chi connectivity index (χ1) is 33.5. The van der Waals surface area contributed by atoms with Gasteiger partial charge in [0.2, 0.25) is 5.69 Å². The van der Waals surface area contributed by atoms with Gasteiger partial charge in [-0.1, -0.05) is 36.8 Å². The Balaban J connectivity index is 1.41. The summed E-state index contributed by atoms with van der Waals surface area (Å²) in [4.78, 5) is 42.7. The molecule has 5 rings (SSSR count). The van der Waals surface area contributed by atoms with Crippen molar-refractivity contribution < 1.29 is 81.7 Å². The Hall–Kier alpha value is -4.95. The predicted molar refractivity (Wildman–Crippen MR) is 261 cm³/mol. The van der Waals surface area contributed by atoms with E-state index in [4.69, 9.17) is 23.8 Å². The number of rotatable bonds is 29. The Morgan fingerprint density at radius 1 is 0.704 bits per heavy atom. The van der Waals surface area contributed by atoms with Gasteiger partial charge in [0.15, 0.2) is 12.3 Å². The molecule has 0 aromatic heterocycles. The molecule has 71 heavy (non-hydrogen) atoms. The lowest BCUT2D eigenvalue weighted by molar-refractivity contribution is -0.442. The van der Waals surface area contributed by atoms with Crippen LogP contribution in [0.15, 0.2) is 94.4 Å². The maximum atomic E-state index is 12.4. The van der Waals surface area contributed by atoms with Crippen LogP contribution in [0.1, 0.15) is 82.8 Å². The molecule has 20 nitrogen and oxygen atoms in total. The fraction of sp³-hybridized carbons (Fsp3) is 0.500. The van der Waals surface area contributed by atoms with Crippen molar-refractivity contribution in [3.8, 4) is 0 Å². The van der Waals surface area contributed by atoms with Gasteiger partial charge in [0.25, 0.3) is 42.2 Å². The third-order valence-electron chi connectivity index (χ3n) is 12.6. The smallest absolute Gasteiger partial charge is 0.333 e. The molecule has 2 aromatic carbocycles. The lowest BCUT2D eigenvalue weighted by Crippen LogP contribution is -2.32. The molecule has 0 bridgehead atoms. The molecule has 0 saturated carbocycles. The average molecular weight is 1050 g/mol. The van der Waals surface area contributed by atoms with E-state index in [1.807, 2.05) is 36.7 Å². The zero-order valence-electron chi connectivity index (χ0n) is 40.4. The molecule has 3 heterocycles. The van der Waals surface area contributed by atoms with Crippen molar-refractivity contribution in [1.82, 2.24) is 5.06 Å². The monoisotopic (exact) mass is 1050 g/mol. The minimum absolute atomic E-state index is 0.00630. The number of carbonyl (C=O) groups excluding carboxylic acids is 3. The van der Waals surface area contributed by atoms with E-state index in [1.165, 1.54) is 24.3 Å². The van der Waals surface area contributed by atoms with Crippen LogP contribution in [0.3, 0.4) is 0 Å². The highest BCUT2D eigenvalue weighted by atomic mass is 32.2. The van der Waals surface area contributed by atoms with E-state index in [-0.39, 0.29) is 48.5 Å². The van der Waals surface area contributed by atoms with E-state index in [2.05, 4.69) is 4.90 Å². The molecule has 2 amide bonds. The van der Waals surface area contributed by atoms with Gasteiger partial charge in [-0.25, -0.2) is 4.79 Å². The third kappa shape index (κ3) is 15.1. The molecule has 0 aliphatic carbocycles. The largest absolute Gasteiger partial charge is 0.385 e. The summed E-state index contributed by atoms with van der Waals surface area (Å²) >= 11 is 0. The van der Waals surface area contributed by atoms with Gasteiger partial charge in [0.1, 0.15) is 6.61 Å². The van der Waals surface area contributed by atoms with Gasteiger partial charge in [-0.05, 0) is 87.9 Å². The van der Waals surface area contributed by atoms with Crippen LogP contribution in [0.25, 0.3) is 0 Å². The van der Waals surface area contributed by atoms with Crippen LogP contribution in [-0.4, -0.2) is 145 Å². The van der Waals surface area contributed by atoms with Gasteiger partial charge in [-0.3, -0.25) is 23.2 Å². The summed E-state index contributed by atoms with van der Waals surface area (Å²) in [5, 5.41) is 0.522. The molecule has 2 unspecified atom stereocenters. The summed E-state index contributed by atoms with van der Waals surface area (Å²) in [7, 11) is -10.3. The van der Waals surface area contributed by atoms with Crippen molar-refractivity contribution in [1.29, 1.82) is 0 Å². The van der Waals surface area contributed by atoms with Gasteiger partial charge < -0.3 is 28.7 Å². The maximum absolute atomic E-state index is 12.4. The maximum Gasteiger partial charge on any atom is 0.333 e. The number of imide groups is 1. The highest BCUT2D eigenvalue weighted by molar-refractivity contribution is 7.86. The summed E-state index contributed by atoms with van der Waals surface area (Å²) in [6.07, 6.45) is 14.8. The molecular formula is C48H64N3O17S3+. The van der Waals surface area contributed by atoms with Crippen molar-refractivity contribution in [2.24, 2.45) is 0 Å². The molecule has 1 fully saturated rings. The number of methoxy groups -OCH3 is 2. The quantitative estimate of drug-likeness (QED) is 0.0302. The summed E-state index contributed by atoms with van der Waals surface area (Å²) < 4.78 is 126. The van der Waals surface area contributed by atoms with E-state index in [1.54, 1.807) is 50.7 Å². The number of hydrogen-bond donors (Lipinski definition) is 3. The Kier molecular flexibility index (Phi) is 20.2. The Morgan fingerprint density at radius 3 is 1.96 bits per heavy atom. The van der Waals surface area contributed by atoms with Crippen LogP contribution in [0.2, 0.25) is 0 Å². The fourth-order valence-corrected chi connectivity index (χ4v) is 10.5. The summed E-state index contributed by atoms with van der Waals surface area (Å²) in [6.45, 7) is 6.58. The molecule has 23 heteroatoms. The average Bonchev–Trinajstić information content (AvgIpc) is 3.83. The number of carbonyl (C=O) groups is 3. The second-order valence-corrected chi connectivity index (χ2v) is 22.0. The van der Waals surface area contributed by atoms with Crippen LogP contribution >= 0.6 is 0 Å². The van der Waals surface area contributed by atoms with Crippen molar-refractivity contribution in [3.63, 3.8) is 0 Å². The van der Waals surface area contributed by atoms with E-state index in [0.717, 1.165) is 11.4 Å². The van der Waals surface area contributed by atoms with Gasteiger partial charge in [-0.15, -0.1) is 5.06 Å². The zero-order valence-corrected chi connectivity index (χ0v) is 42.8. The normalized spacial score (nSPS) is 20.2. The molecule has 0 spiro atoms. The zero-order chi connectivity index (χ0) is 52.0. The highest BCUT2D eigenvalue weighted by Crippen LogP contribution is 2.51. The van der Waals surface area contributed by atoms with Crippen molar-refractivity contribution in [3.05, 3.63) is 95.8 Å². The minimum atomic E-state index is -4.61. The minimum Gasteiger partial charge on any atom is -0.385 e. The molecule has 3 N–H and O–H groups in total. The van der Waals surface area contributed by atoms with Crippen LogP contribution in [-0.2, 0) is 79.4 Å². The third-order valence-corrected chi connectivity index (χ3v) is 15.1. The summed E-state index contributed by atoms with van der Waals surface area (Å²) in [6, 6.07) is 8.69. The number of anilines is 1. The number of hydroxylamine groups is 2. The van der Waals surface area contributed by atoms with E-state index >= 15 is 0 Å².